The molecule has 4 aromatic heterocycles. The summed E-state index contributed by atoms with van der Waals surface area (Å²) in [4.78, 5) is 26.4. The minimum absolute atomic E-state index is 0.0651. The first-order valence-electron chi connectivity index (χ1n) is 9.60. The van der Waals surface area contributed by atoms with Crippen LogP contribution in [0.25, 0.3) is 5.52 Å². The van der Waals surface area contributed by atoms with Crippen LogP contribution in [0.2, 0.25) is 5.15 Å². The predicted octanol–water partition coefficient (Wildman–Crippen LogP) is 2.85. The highest BCUT2D eigenvalue weighted by Gasteiger charge is 2.39. The summed E-state index contributed by atoms with van der Waals surface area (Å²) in [5.74, 6) is -1.20. The van der Waals surface area contributed by atoms with E-state index in [1.165, 1.54) is 29.3 Å². The van der Waals surface area contributed by atoms with Crippen LogP contribution < -0.4 is 0 Å². The third-order valence-electron chi connectivity index (χ3n) is 5.24. The molecule has 1 atom stereocenters. The molecule has 0 saturated heterocycles. The van der Waals surface area contributed by atoms with E-state index in [-0.39, 0.29) is 22.3 Å². The van der Waals surface area contributed by atoms with Crippen LogP contribution in [-0.4, -0.2) is 47.0 Å². The van der Waals surface area contributed by atoms with Gasteiger partial charge in [0.1, 0.15) is 23.0 Å². The SMILES string of the molecule is CC(C)(O)c1nc(Cl)c(C(=O)N2CCc3[nH]cnc3C2c2cc3c(F)cccn3n2)o1. The Kier molecular flexibility index (Phi) is 4.38. The summed E-state index contributed by atoms with van der Waals surface area (Å²) in [5, 5.41) is 14.5. The van der Waals surface area contributed by atoms with Crippen molar-refractivity contribution >= 4 is 23.0 Å². The van der Waals surface area contributed by atoms with Crippen molar-refractivity contribution in [1.82, 2.24) is 29.5 Å². The van der Waals surface area contributed by atoms with Gasteiger partial charge in [-0.05, 0) is 32.0 Å². The minimum Gasteiger partial charge on any atom is -0.431 e. The van der Waals surface area contributed by atoms with Gasteiger partial charge in [-0.1, -0.05) is 11.6 Å². The number of fused-ring (bicyclic) bond motifs is 2. The van der Waals surface area contributed by atoms with E-state index in [2.05, 4.69) is 20.1 Å². The molecule has 160 valence electrons. The van der Waals surface area contributed by atoms with Crippen LogP contribution in [0.5, 0.6) is 0 Å². The fraction of sp³-hybridized carbons (Fsp3) is 0.300. The smallest absolute Gasteiger partial charge is 0.293 e. The number of rotatable bonds is 3. The summed E-state index contributed by atoms with van der Waals surface area (Å²) in [6, 6.07) is 3.80. The molecule has 0 aliphatic carbocycles. The Morgan fingerprint density at radius 2 is 2.26 bits per heavy atom. The van der Waals surface area contributed by atoms with Gasteiger partial charge in [0.05, 0.1) is 17.7 Å². The number of hydrogen-bond acceptors (Lipinski definition) is 6. The van der Waals surface area contributed by atoms with Gasteiger partial charge in [-0.15, -0.1) is 0 Å². The van der Waals surface area contributed by atoms with Crippen molar-refractivity contribution in [3.63, 3.8) is 0 Å². The number of amides is 1. The maximum Gasteiger partial charge on any atom is 0.293 e. The Labute approximate surface area is 180 Å². The zero-order valence-electron chi connectivity index (χ0n) is 16.6. The van der Waals surface area contributed by atoms with Crippen molar-refractivity contribution in [2.24, 2.45) is 0 Å². The molecular weight excluding hydrogens is 427 g/mol. The number of aromatic amines is 1. The lowest BCUT2D eigenvalue weighted by atomic mass is 9.99. The number of aromatic nitrogens is 5. The van der Waals surface area contributed by atoms with Crippen LogP contribution in [0.1, 0.15) is 53.4 Å². The molecule has 1 amide bonds. The van der Waals surface area contributed by atoms with Crippen molar-refractivity contribution in [2.75, 3.05) is 6.54 Å². The third kappa shape index (κ3) is 3.19. The van der Waals surface area contributed by atoms with Gasteiger partial charge in [-0.25, -0.2) is 13.9 Å². The first-order chi connectivity index (χ1) is 14.7. The Hall–Kier alpha value is -3.24. The van der Waals surface area contributed by atoms with Crippen molar-refractivity contribution < 1.29 is 18.7 Å². The molecule has 0 radical (unpaired) electrons. The van der Waals surface area contributed by atoms with Crippen LogP contribution in [0, 0.1) is 5.82 Å². The van der Waals surface area contributed by atoms with Crippen molar-refractivity contribution in [3.8, 4) is 0 Å². The number of H-pyrrole nitrogens is 1. The number of halogens is 2. The number of hydrogen-bond donors (Lipinski definition) is 2. The lowest BCUT2D eigenvalue weighted by Gasteiger charge is -2.33. The molecule has 5 heterocycles. The average molecular weight is 445 g/mol. The zero-order chi connectivity index (χ0) is 21.9. The fourth-order valence-corrected chi connectivity index (χ4v) is 3.95. The number of carbonyl (C=O) groups is 1. The number of imidazole rings is 1. The summed E-state index contributed by atoms with van der Waals surface area (Å²) in [6.45, 7) is 3.28. The van der Waals surface area contributed by atoms with Gasteiger partial charge in [0.2, 0.25) is 11.7 Å². The van der Waals surface area contributed by atoms with Crippen LogP contribution in [0.4, 0.5) is 4.39 Å². The molecule has 1 aliphatic heterocycles. The van der Waals surface area contributed by atoms with Crippen molar-refractivity contribution in [1.29, 1.82) is 0 Å². The average Bonchev–Trinajstić information content (AvgIpc) is 3.44. The van der Waals surface area contributed by atoms with Gasteiger partial charge in [0.25, 0.3) is 5.91 Å². The predicted molar refractivity (Wildman–Crippen MR) is 107 cm³/mol. The van der Waals surface area contributed by atoms with Crippen LogP contribution in [0.15, 0.2) is 35.1 Å². The van der Waals surface area contributed by atoms with Gasteiger partial charge < -0.3 is 19.4 Å². The monoisotopic (exact) mass is 444 g/mol. The van der Waals surface area contributed by atoms with Crippen molar-refractivity contribution in [3.05, 3.63) is 70.4 Å². The molecule has 5 rings (SSSR count). The van der Waals surface area contributed by atoms with Gasteiger partial charge in [-0.3, -0.25) is 4.79 Å². The van der Waals surface area contributed by atoms with E-state index >= 15 is 0 Å². The molecule has 11 heteroatoms. The maximum absolute atomic E-state index is 14.3. The number of nitrogens with zero attached hydrogens (tertiary/aromatic N) is 5. The van der Waals surface area contributed by atoms with Crippen molar-refractivity contribution in [2.45, 2.75) is 31.9 Å². The van der Waals surface area contributed by atoms with Crippen LogP contribution in [-0.2, 0) is 12.0 Å². The fourth-order valence-electron chi connectivity index (χ4n) is 3.75. The Bertz CT molecular complexity index is 1300. The molecule has 1 unspecified atom stereocenters. The van der Waals surface area contributed by atoms with E-state index < -0.39 is 23.4 Å². The number of aliphatic hydroxyl groups is 1. The lowest BCUT2D eigenvalue weighted by molar-refractivity contribution is 0.0440. The lowest BCUT2D eigenvalue weighted by Crippen LogP contribution is -2.41. The molecule has 2 N–H and O–H groups in total. The first kappa shape index (κ1) is 19.7. The van der Waals surface area contributed by atoms with Gasteiger partial charge in [-0.2, -0.15) is 10.1 Å². The molecular formula is C20H18ClFN6O3. The summed E-state index contributed by atoms with van der Waals surface area (Å²) >= 11 is 6.17. The van der Waals surface area contributed by atoms with E-state index in [1.807, 2.05) is 0 Å². The Morgan fingerprint density at radius 3 is 2.97 bits per heavy atom. The van der Waals surface area contributed by atoms with Crippen LogP contribution in [0.3, 0.4) is 0 Å². The number of carbonyl (C=O) groups excluding carboxylic acids is 1. The number of pyridine rings is 1. The highest BCUT2D eigenvalue weighted by Crippen LogP contribution is 2.36. The molecule has 0 fully saturated rings. The number of nitrogens with one attached hydrogen (secondary N) is 1. The second kappa shape index (κ2) is 6.89. The Morgan fingerprint density at radius 1 is 1.45 bits per heavy atom. The highest BCUT2D eigenvalue weighted by molar-refractivity contribution is 6.32. The molecule has 4 aromatic rings. The third-order valence-corrected chi connectivity index (χ3v) is 5.49. The van der Waals surface area contributed by atoms with E-state index in [9.17, 15) is 14.3 Å². The normalized spacial score (nSPS) is 16.7. The van der Waals surface area contributed by atoms with Gasteiger partial charge in [0.15, 0.2) is 5.15 Å². The molecule has 1 aliphatic rings. The van der Waals surface area contributed by atoms with Crippen LogP contribution >= 0.6 is 11.6 Å². The van der Waals surface area contributed by atoms with E-state index in [0.717, 1.165) is 5.69 Å². The largest absolute Gasteiger partial charge is 0.431 e. The topological polar surface area (TPSA) is 113 Å². The minimum atomic E-state index is -1.40. The summed E-state index contributed by atoms with van der Waals surface area (Å²) in [5.41, 5.74) is 0.812. The zero-order valence-corrected chi connectivity index (χ0v) is 17.4. The van der Waals surface area contributed by atoms with Gasteiger partial charge in [0, 0.05) is 24.9 Å². The molecule has 0 spiro atoms. The Balaban J connectivity index is 1.61. The summed E-state index contributed by atoms with van der Waals surface area (Å²) in [7, 11) is 0. The second-order valence-corrected chi connectivity index (χ2v) is 8.23. The number of oxazole rings is 1. The summed E-state index contributed by atoms with van der Waals surface area (Å²) in [6.07, 6.45) is 3.71. The van der Waals surface area contributed by atoms with E-state index in [1.54, 1.807) is 24.7 Å². The van der Waals surface area contributed by atoms with E-state index in [4.69, 9.17) is 16.0 Å². The highest BCUT2D eigenvalue weighted by atomic mass is 35.5. The molecule has 0 bridgehead atoms. The second-order valence-electron chi connectivity index (χ2n) is 7.87. The molecule has 0 aromatic carbocycles. The quantitative estimate of drug-likeness (QED) is 0.502. The van der Waals surface area contributed by atoms with E-state index in [0.29, 0.717) is 24.4 Å². The molecule has 9 nitrogen and oxygen atoms in total. The first-order valence-corrected chi connectivity index (χ1v) is 9.98. The summed E-state index contributed by atoms with van der Waals surface area (Å²) < 4.78 is 21.2. The maximum atomic E-state index is 14.3. The molecule has 0 saturated carbocycles. The van der Waals surface area contributed by atoms with Gasteiger partial charge >= 0.3 is 0 Å². The molecule has 31 heavy (non-hydrogen) atoms. The standard InChI is InChI=1S/C20H18ClFN6O3/c1-20(2,30)19-25-17(21)16(31-19)18(29)27-7-5-11-14(24-9-23-11)15(27)12-8-13-10(22)4-3-6-28(13)26-12/h3-4,6,8-9,15,30H,5,7H2,1-2H3,(H,23,24).